The summed E-state index contributed by atoms with van der Waals surface area (Å²) in [7, 11) is -2.44. The molecule has 0 spiro atoms. The van der Waals surface area contributed by atoms with Gasteiger partial charge in [0.15, 0.2) is 0 Å². The third-order valence-electron chi connectivity index (χ3n) is 3.22. The minimum absolute atomic E-state index is 0.715. The first-order chi connectivity index (χ1) is 9.14. The van der Waals surface area contributed by atoms with E-state index < -0.39 is 8.80 Å². The SMILES string of the molecule is CCCO[Si](CCC(C)CC)(OCCC)OCCC. The van der Waals surface area contributed by atoms with Gasteiger partial charge in [-0.05, 0) is 31.6 Å². The molecule has 0 aliphatic rings. The molecule has 0 aromatic carbocycles. The van der Waals surface area contributed by atoms with Crippen molar-refractivity contribution in [1.82, 2.24) is 0 Å². The second kappa shape index (κ2) is 11.9. The maximum absolute atomic E-state index is 6.07. The summed E-state index contributed by atoms with van der Waals surface area (Å²) >= 11 is 0. The van der Waals surface area contributed by atoms with E-state index in [4.69, 9.17) is 13.3 Å². The van der Waals surface area contributed by atoms with Crippen molar-refractivity contribution in [3.05, 3.63) is 0 Å². The fraction of sp³-hybridized carbons (Fsp3) is 1.00. The Labute approximate surface area is 121 Å². The molecule has 0 radical (unpaired) electrons. The molecule has 4 heteroatoms. The van der Waals surface area contributed by atoms with Crippen molar-refractivity contribution in [1.29, 1.82) is 0 Å². The predicted octanol–water partition coefficient (Wildman–Crippen LogP) is 4.64. The van der Waals surface area contributed by atoms with Gasteiger partial charge in [0.1, 0.15) is 0 Å². The van der Waals surface area contributed by atoms with Gasteiger partial charge in [0.25, 0.3) is 0 Å². The monoisotopic (exact) mass is 290 g/mol. The lowest BCUT2D eigenvalue weighted by atomic mass is 10.1. The first-order valence-electron chi connectivity index (χ1n) is 8.05. The number of hydrogen-bond donors (Lipinski definition) is 0. The zero-order valence-corrected chi connectivity index (χ0v) is 14.7. The van der Waals surface area contributed by atoms with E-state index in [1.165, 1.54) is 6.42 Å². The van der Waals surface area contributed by atoms with Crippen LogP contribution in [-0.4, -0.2) is 28.6 Å². The predicted molar refractivity (Wildman–Crippen MR) is 83.4 cm³/mol. The summed E-state index contributed by atoms with van der Waals surface area (Å²) < 4.78 is 18.2. The highest BCUT2D eigenvalue weighted by molar-refractivity contribution is 6.60. The van der Waals surface area contributed by atoms with Crippen molar-refractivity contribution in [2.75, 3.05) is 19.8 Å². The van der Waals surface area contributed by atoms with Gasteiger partial charge < -0.3 is 13.3 Å². The summed E-state index contributed by atoms with van der Waals surface area (Å²) in [6.07, 6.45) is 5.40. The van der Waals surface area contributed by atoms with E-state index in [0.29, 0.717) is 5.92 Å². The molecule has 0 N–H and O–H groups in total. The van der Waals surface area contributed by atoms with E-state index in [2.05, 4.69) is 34.6 Å². The molecule has 1 atom stereocenters. The molecular formula is C15H34O3Si. The van der Waals surface area contributed by atoms with Crippen molar-refractivity contribution in [2.45, 2.75) is 72.8 Å². The van der Waals surface area contributed by atoms with Crippen LogP contribution in [0.1, 0.15) is 66.7 Å². The Hall–Kier alpha value is 0.0969. The molecule has 0 fully saturated rings. The topological polar surface area (TPSA) is 27.7 Å². The molecule has 0 heterocycles. The summed E-state index contributed by atoms with van der Waals surface area (Å²) in [5, 5.41) is 0. The van der Waals surface area contributed by atoms with Crippen LogP contribution in [0.5, 0.6) is 0 Å². The summed E-state index contributed by atoms with van der Waals surface area (Å²) in [6.45, 7) is 13.2. The van der Waals surface area contributed by atoms with Gasteiger partial charge >= 0.3 is 8.80 Å². The van der Waals surface area contributed by atoms with E-state index in [1.54, 1.807) is 0 Å². The molecule has 0 amide bonds. The fourth-order valence-electron chi connectivity index (χ4n) is 1.74. The summed E-state index contributed by atoms with van der Waals surface area (Å²) in [4.78, 5) is 0. The maximum atomic E-state index is 6.07. The van der Waals surface area contributed by atoms with Crippen LogP contribution in [0.25, 0.3) is 0 Å². The smallest absolute Gasteiger partial charge is 0.373 e. The van der Waals surface area contributed by atoms with E-state index in [1.807, 2.05) is 0 Å². The van der Waals surface area contributed by atoms with Gasteiger partial charge in [-0.3, -0.25) is 0 Å². The first-order valence-corrected chi connectivity index (χ1v) is 9.99. The standard InChI is InChI=1S/C15H34O3Si/c1-6-11-16-19(17-12-7-2,18-13-8-3)14-10-15(5)9-4/h15H,6-14H2,1-5H3. The Morgan fingerprint density at radius 3 is 1.53 bits per heavy atom. The second-order valence-electron chi connectivity index (χ2n) is 5.28. The van der Waals surface area contributed by atoms with Crippen LogP contribution < -0.4 is 0 Å². The fourth-order valence-corrected chi connectivity index (χ4v) is 4.82. The molecule has 0 rings (SSSR count). The van der Waals surface area contributed by atoms with Crippen molar-refractivity contribution in [3.63, 3.8) is 0 Å². The van der Waals surface area contributed by atoms with Crippen molar-refractivity contribution in [3.8, 4) is 0 Å². The van der Waals surface area contributed by atoms with Gasteiger partial charge in [0.2, 0.25) is 0 Å². The molecular weight excluding hydrogens is 256 g/mol. The normalized spacial score (nSPS) is 13.7. The molecule has 0 aliphatic heterocycles. The van der Waals surface area contributed by atoms with Crippen LogP contribution in [0.15, 0.2) is 0 Å². The molecule has 0 aliphatic carbocycles. The van der Waals surface area contributed by atoms with Gasteiger partial charge in [-0.15, -0.1) is 0 Å². The first kappa shape index (κ1) is 19.1. The van der Waals surface area contributed by atoms with Crippen LogP contribution in [0.4, 0.5) is 0 Å². The average Bonchev–Trinajstić information content (AvgIpc) is 2.45. The Balaban J connectivity index is 4.56. The van der Waals surface area contributed by atoms with E-state index in [9.17, 15) is 0 Å². The molecule has 3 nitrogen and oxygen atoms in total. The Morgan fingerprint density at radius 1 is 0.789 bits per heavy atom. The highest BCUT2D eigenvalue weighted by Gasteiger charge is 2.40. The molecule has 0 bridgehead atoms. The van der Waals surface area contributed by atoms with E-state index in [-0.39, 0.29) is 0 Å². The van der Waals surface area contributed by atoms with Gasteiger partial charge in [-0.1, -0.05) is 41.0 Å². The van der Waals surface area contributed by atoms with Gasteiger partial charge in [-0.2, -0.15) is 0 Å². The zero-order valence-electron chi connectivity index (χ0n) is 13.7. The van der Waals surface area contributed by atoms with Crippen molar-refractivity contribution >= 4 is 8.80 Å². The quantitative estimate of drug-likeness (QED) is 0.462. The highest BCUT2D eigenvalue weighted by atomic mass is 28.4. The van der Waals surface area contributed by atoms with Crippen LogP contribution in [-0.2, 0) is 13.3 Å². The summed E-state index contributed by atoms with van der Waals surface area (Å²) in [5.41, 5.74) is 0. The lowest BCUT2D eigenvalue weighted by Crippen LogP contribution is -2.46. The van der Waals surface area contributed by atoms with Crippen LogP contribution in [0.2, 0.25) is 6.04 Å². The third kappa shape index (κ3) is 8.79. The lowest BCUT2D eigenvalue weighted by Gasteiger charge is -2.30. The van der Waals surface area contributed by atoms with E-state index in [0.717, 1.165) is 51.5 Å². The second-order valence-corrected chi connectivity index (χ2v) is 8.01. The minimum Gasteiger partial charge on any atom is -0.373 e. The highest BCUT2D eigenvalue weighted by Crippen LogP contribution is 2.23. The molecule has 1 unspecified atom stereocenters. The molecule has 0 saturated carbocycles. The number of hydrogen-bond acceptors (Lipinski definition) is 3. The van der Waals surface area contributed by atoms with Crippen LogP contribution in [0.3, 0.4) is 0 Å². The van der Waals surface area contributed by atoms with Crippen LogP contribution in [0, 0.1) is 5.92 Å². The summed E-state index contributed by atoms with van der Waals surface area (Å²) in [6, 6.07) is 0.960. The third-order valence-corrected chi connectivity index (χ3v) is 6.05. The van der Waals surface area contributed by atoms with Crippen molar-refractivity contribution < 1.29 is 13.3 Å². The molecule has 0 saturated heterocycles. The van der Waals surface area contributed by atoms with Gasteiger partial charge in [0.05, 0.1) is 0 Å². The summed E-state index contributed by atoms with van der Waals surface area (Å²) in [5.74, 6) is 0.715. The Kier molecular flexibility index (Phi) is 11.9. The minimum atomic E-state index is -2.44. The zero-order chi connectivity index (χ0) is 14.6. The molecule has 19 heavy (non-hydrogen) atoms. The Morgan fingerprint density at radius 2 is 1.21 bits per heavy atom. The van der Waals surface area contributed by atoms with Gasteiger partial charge in [-0.25, -0.2) is 0 Å². The van der Waals surface area contributed by atoms with Gasteiger partial charge in [0, 0.05) is 25.9 Å². The molecule has 0 aromatic heterocycles. The largest absolute Gasteiger partial charge is 0.500 e. The van der Waals surface area contributed by atoms with E-state index >= 15 is 0 Å². The lowest BCUT2D eigenvalue weighted by molar-refractivity contribution is 0.0577. The van der Waals surface area contributed by atoms with Crippen LogP contribution >= 0.6 is 0 Å². The average molecular weight is 291 g/mol. The van der Waals surface area contributed by atoms with Crippen molar-refractivity contribution in [2.24, 2.45) is 5.92 Å². The number of rotatable bonds is 13. The molecule has 116 valence electrons. The molecule has 0 aromatic rings. The maximum Gasteiger partial charge on any atom is 0.500 e. The Bertz CT molecular complexity index is 178.